The molecule has 0 saturated heterocycles. The van der Waals surface area contributed by atoms with Gasteiger partial charge in [0.2, 0.25) is 5.75 Å². The lowest BCUT2D eigenvalue weighted by Crippen LogP contribution is -1.97. The molecular weight excluding hydrogens is 318 g/mol. The third-order valence-corrected chi connectivity index (χ3v) is 2.68. The molecule has 0 saturated carbocycles. The standard InChI is InChI=1S/C11H8BrN3O4/c12-8-1-2-10(9(3-8)15(17)18)19-11-13-4-7(6-16)5-14-11/h1-5,16H,6H2. The Morgan fingerprint density at radius 3 is 2.63 bits per heavy atom. The molecule has 0 atom stereocenters. The van der Waals surface area contributed by atoms with Crippen LogP contribution in [0.4, 0.5) is 5.69 Å². The monoisotopic (exact) mass is 325 g/mol. The van der Waals surface area contributed by atoms with Gasteiger partial charge in [0, 0.05) is 28.5 Å². The lowest BCUT2D eigenvalue weighted by Gasteiger charge is -2.05. The van der Waals surface area contributed by atoms with Crippen molar-refractivity contribution in [3.8, 4) is 11.8 Å². The molecule has 0 bridgehead atoms. The molecule has 0 aliphatic heterocycles. The Hall–Kier alpha value is -2.06. The third-order valence-electron chi connectivity index (χ3n) is 2.18. The van der Waals surface area contributed by atoms with Gasteiger partial charge in [0.1, 0.15) is 0 Å². The molecule has 98 valence electrons. The van der Waals surface area contributed by atoms with Gasteiger partial charge in [-0.25, -0.2) is 9.97 Å². The second kappa shape index (κ2) is 5.72. The summed E-state index contributed by atoms with van der Waals surface area (Å²) in [4.78, 5) is 18.0. The molecule has 1 heterocycles. The van der Waals surface area contributed by atoms with Gasteiger partial charge in [-0.3, -0.25) is 10.1 Å². The average molecular weight is 326 g/mol. The van der Waals surface area contributed by atoms with Crippen molar-refractivity contribution in [1.29, 1.82) is 0 Å². The van der Waals surface area contributed by atoms with Crippen LogP contribution in [0, 0.1) is 10.1 Å². The normalized spacial score (nSPS) is 10.2. The molecule has 0 aliphatic rings. The van der Waals surface area contributed by atoms with Crippen LogP contribution in [0.5, 0.6) is 11.8 Å². The zero-order valence-corrected chi connectivity index (χ0v) is 11.1. The van der Waals surface area contributed by atoms with Gasteiger partial charge >= 0.3 is 11.7 Å². The molecule has 0 amide bonds. The maximum absolute atomic E-state index is 10.9. The Kier molecular flexibility index (Phi) is 4.03. The summed E-state index contributed by atoms with van der Waals surface area (Å²) in [7, 11) is 0. The van der Waals surface area contributed by atoms with Crippen molar-refractivity contribution < 1.29 is 14.8 Å². The number of aliphatic hydroxyl groups is 1. The first-order valence-corrected chi connectivity index (χ1v) is 5.93. The summed E-state index contributed by atoms with van der Waals surface area (Å²) in [5.74, 6) is 0.0462. The van der Waals surface area contributed by atoms with E-state index in [2.05, 4.69) is 25.9 Å². The summed E-state index contributed by atoms with van der Waals surface area (Å²) in [5.41, 5.74) is 0.335. The van der Waals surface area contributed by atoms with Crippen LogP contribution >= 0.6 is 15.9 Å². The molecule has 19 heavy (non-hydrogen) atoms. The molecule has 1 aromatic heterocycles. The highest BCUT2D eigenvalue weighted by Crippen LogP contribution is 2.32. The first-order chi connectivity index (χ1) is 9.10. The van der Waals surface area contributed by atoms with Gasteiger partial charge in [0.15, 0.2) is 0 Å². The van der Waals surface area contributed by atoms with Gasteiger partial charge in [-0.15, -0.1) is 0 Å². The number of ether oxygens (including phenoxy) is 1. The summed E-state index contributed by atoms with van der Waals surface area (Å²) in [6, 6.07) is 4.37. The minimum absolute atomic E-state index is 0.0253. The van der Waals surface area contributed by atoms with Crippen LogP contribution < -0.4 is 4.74 Å². The summed E-state index contributed by atoms with van der Waals surface area (Å²) in [6.07, 6.45) is 2.76. The molecule has 0 spiro atoms. The van der Waals surface area contributed by atoms with Gasteiger partial charge in [-0.1, -0.05) is 15.9 Å². The van der Waals surface area contributed by atoms with E-state index in [0.29, 0.717) is 10.0 Å². The van der Waals surface area contributed by atoms with E-state index in [9.17, 15) is 10.1 Å². The predicted octanol–water partition coefficient (Wildman–Crippen LogP) is 2.43. The fourth-order valence-electron chi connectivity index (χ4n) is 1.30. The van der Waals surface area contributed by atoms with E-state index in [1.807, 2.05) is 0 Å². The highest BCUT2D eigenvalue weighted by Gasteiger charge is 2.17. The number of benzene rings is 1. The van der Waals surface area contributed by atoms with Crippen LogP contribution in [-0.2, 0) is 6.61 Å². The van der Waals surface area contributed by atoms with Crippen molar-refractivity contribution in [2.75, 3.05) is 0 Å². The number of nitro groups is 1. The van der Waals surface area contributed by atoms with Crippen molar-refractivity contribution in [2.45, 2.75) is 6.61 Å². The van der Waals surface area contributed by atoms with Crippen molar-refractivity contribution in [1.82, 2.24) is 9.97 Å². The molecule has 8 heteroatoms. The van der Waals surface area contributed by atoms with Gasteiger partial charge in [-0.05, 0) is 12.1 Å². The molecule has 1 N–H and O–H groups in total. The highest BCUT2D eigenvalue weighted by molar-refractivity contribution is 9.10. The largest absolute Gasteiger partial charge is 0.417 e. The average Bonchev–Trinajstić information content (AvgIpc) is 2.41. The summed E-state index contributed by atoms with van der Waals surface area (Å²) >= 11 is 3.15. The van der Waals surface area contributed by atoms with E-state index < -0.39 is 4.92 Å². The topological polar surface area (TPSA) is 98.4 Å². The number of halogens is 1. The van der Waals surface area contributed by atoms with Crippen LogP contribution in [0.2, 0.25) is 0 Å². The van der Waals surface area contributed by atoms with Gasteiger partial charge in [-0.2, -0.15) is 0 Å². The molecule has 2 rings (SSSR count). The zero-order chi connectivity index (χ0) is 13.8. The summed E-state index contributed by atoms with van der Waals surface area (Å²) in [5, 5.41) is 19.7. The number of aromatic nitrogens is 2. The van der Waals surface area contributed by atoms with Crippen LogP contribution in [0.3, 0.4) is 0 Å². The molecular formula is C11H8BrN3O4. The number of nitrogens with zero attached hydrogens (tertiary/aromatic N) is 3. The number of nitro benzene ring substituents is 1. The first-order valence-electron chi connectivity index (χ1n) is 5.13. The minimum Gasteiger partial charge on any atom is -0.417 e. The number of hydrogen-bond donors (Lipinski definition) is 1. The molecule has 0 radical (unpaired) electrons. The second-order valence-electron chi connectivity index (χ2n) is 3.50. The van der Waals surface area contributed by atoms with Gasteiger partial charge in [0.05, 0.1) is 11.5 Å². The van der Waals surface area contributed by atoms with Gasteiger partial charge < -0.3 is 9.84 Å². The summed E-state index contributed by atoms with van der Waals surface area (Å²) < 4.78 is 5.83. The van der Waals surface area contributed by atoms with Crippen LogP contribution in [0.1, 0.15) is 5.56 Å². The third kappa shape index (κ3) is 3.24. The first kappa shape index (κ1) is 13.4. The minimum atomic E-state index is -0.553. The SMILES string of the molecule is O=[N+]([O-])c1cc(Br)ccc1Oc1ncc(CO)cn1. The van der Waals surface area contributed by atoms with E-state index in [1.165, 1.54) is 24.5 Å². The van der Waals surface area contributed by atoms with Crippen LogP contribution in [-0.4, -0.2) is 20.0 Å². The predicted molar refractivity (Wildman–Crippen MR) is 68.8 cm³/mol. The molecule has 1 aromatic carbocycles. The Morgan fingerprint density at radius 1 is 1.37 bits per heavy atom. The molecule has 2 aromatic rings. The zero-order valence-electron chi connectivity index (χ0n) is 9.49. The van der Waals surface area contributed by atoms with Crippen molar-refractivity contribution in [3.05, 3.63) is 50.7 Å². The number of rotatable bonds is 4. The van der Waals surface area contributed by atoms with Crippen LogP contribution in [0.25, 0.3) is 0 Å². The van der Waals surface area contributed by atoms with Gasteiger partial charge in [0.25, 0.3) is 0 Å². The Balaban J connectivity index is 2.29. The van der Waals surface area contributed by atoms with Crippen LogP contribution in [0.15, 0.2) is 35.1 Å². The lowest BCUT2D eigenvalue weighted by molar-refractivity contribution is -0.385. The Bertz CT molecular complexity index is 603. The number of hydrogen-bond acceptors (Lipinski definition) is 6. The van der Waals surface area contributed by atoms with Crippen molar-refractivity contribution in [3.63, 3.8) is 0 Å². The molecule has 0 unspecified atom stereocenters. The second-order valence-corrected chi connectivity index (χ2v) is 4.42. The van der Waals surface area contributed by atoms with E-state index in [4.69, 9.17) is 9.84 Å². The molecule has 0 fully saturated rings. The highest BCUT2D eigenvalue weighted by atomic mass is 79.9. The van der Waals surface area contributed by atoms with E-state index in [1.54, 1.807) is 6.07 Å². The van der Waals surface area contributed by atoms with Crippen molar-refractivity contribution in [2.24, 2.45) is 0 Å². The smallest absolute Gasteiger partial charge is 0.322 e. The molecule has 7 nitrogen and oxygen atoms in total. The van der Waals surface area contributed by atoms with Crippen molar-refractivity contribution >= 4 is 21.6 Å². The van der Waals surface area contributed by atoms with E-state index >= 15 is 0 Å². The van der Waals surface area contributed by atoms with E-state index in [-0.39, 0.29) is 24.1 Å². The lowest BCUT2D eigenvalue weighted by atomic mass is 10.3. The molecule has 0 aliphatic carbocycles. The quantitative estimate of drug-likeness (QED) is 0.684. The maximum Gasteiger partial charge on any atom is 0.322 e. The summed E-state index contributed by atoms with van der Waals surface area (Å²) in [6.45, 7) is -0.182. The fraction of sp³-hybridized carbons (Fsp3) is 0.0909. The number of aliphatic hydroxyl groups excluding tert-OH is 1. The van der Waals surface area contributed by atoms with E-state index in [0.717, 1.165) is 0 Å². The maximum atomic E-state index is 10.9. The fourth-order valence-corrected chi connectivity index (χ4v) is 1.64. The Morgan fingerprint density at radius 2 is 2.05 bits per heavy atom. The Labute approximate surface area is 116 Å².